The van der Waals surface area contributed by atoms with Gasteiger partial charge in [0, 0.05) is 29.0 Å². The molecule has 2 fully saturated rings. The van der Waals surface area contributed by atoms with Gasteiger partial charge in [-0.05, 0) is 31.7 Å². The van der Waals surface area contributed by atoms with Crippen LogP contribution in [-0.4, -0.2) is 24.9 Å². The number of aromatic nitrogens is 1. The highest BCUT2D eigenvalue weighted by atomic mass is 35.7. The second-order valence-corrected chi connectivity index (χ2v) is 8.51. The molecule has 1 amide bonds. The molecule has 3 rings (SSSR count). The van der Waals surface area contributed by atoms with Crippen LogP contribution in [-0.2, 0) is 9.05 Å². The molecule has 1 heterocycles. The predicted octanol–water partition coefficient (Wildman–Crippen LogP) is 2.81. The van der Waals surface area contributed by atoms with Crippen LogP contribution in [0.3, 0.4) is 0 Å². The summed E-state index contributed by atoms with van der Waals surface area (Å²) in [5, 5.41) is 3.03. The number of carbonyl (C=O) groups excluding carboxylic acids is 1. The van der Waals surface area contributed by atoms with Crippen molar-refractivity contribution in [1.29, 1.82) is 0 Å². The van der Waals surface area contributed by atoms with Gasteiger partial charge in [-0.25, -0.2) is 8.42 Å². The van der Waals surface area contributed by atoms with Crippen LogP contribution < -0.4 is 5.32 Å². The maximum Gasteiger partial charge on any atom is 0.268 e. The highest BCUT2D eigenvalue weighted by Gasteiger charge is 2.30. The van der Waals surface area contributed by atoms with Crippen LogP contribution in [0.1, 0.15) is 61.5 Å². The van der Waals surface area contributed by atoms with Crippen molar-refractivity contribution in [3.8, 4) is 0 Å². The van der Waals surface area contributed by atoms with E-state index in [1.165, 1.54) is 18.7 Å². The minimum absolute atomic E-state index is 0.00450. The van der Waals surface area contributed by atoms with Crippen LogP contribution in [0.15, 0.2) is 17.2 Å². The Morgan fingerprint density at radius 2 is 1.86 bits per heavy atom. The minimum Gasteiger partial charge on any atom is -0.348 e. The van der Waals surface area contributed by atoms with Crippen molar-refractivity contribution in [1.82, 2.24) is 9.88 Å². The third-order valence-electron chi connectivity index (χ3n) is 4.22. The quantitative estimate of drug-likeness (QED) is 0.863. The molecule has 7 heteroatoms. The second kappa shape index (κ2) is 5.65. The molecule has 116 valence electrons. The number of halogens is 1. The molecule has 0 atom stereocenters. The first-order valence-electron chi connectivity index (χ1n) is 7.42. The van der Waals surface area contributed by atoms with Gasteiger partial charge in [-0.15, -0.1) is 0 Å². The van der Waals surface area contributed by atoms with Crippen LogP contribution in [0.25, 0.3) is 0 Å². The zero-order chi connectivity index (χ0) is 15.0. The van der Waals surface area contributed by atoms with E-state index >= 15 is 0 Å². The standard InChI is InChI=1S/C14H19ClN2O3S/c15-21(19,20)12-8-13(17(9-12)11-6-7-11)14(18)16-10-4-2-1-3-5-10/h8-11H,1-7H2,(H,16,18). The van der Waals surface area contributed by atoms with E-state index < -0.39 is 9.05 Å². The second-order valence-electron chi connectivity index (χ2n) is 5.95. The lowest BCUT2D eigenvalue weighted by atomic mass is 9.95. The monoisotopic (exact) mass is 330 g/mol. The number of carbonyl (C=O) groups is 1. The number of amides is 1. The molecule has 2 aliphatic rings. The average molecular weight is 331 g/mol. The number of nitrogens with zero attached hydrogens (tertiary/aromatic N) is 1. The van der Waals surface area contributed by atoms with E-state index in [1.807, 2.05) is 0 Å². The summed E-state index contributed by atoms with van der Waals surface area (Å²) in [7, 11) is 1.59. The highest BCUT2D eigenvalue weighted by Crippen LogP contribution is 2.37. The van der Waals surface area contributed by atoms with Crippen molar-refractivity contribution in [2.24, 2.45) is 0 Å². The lowest BCUT2D eigenvalue weighted by Gasteiger charge is -2.23. The summed E-state index contributed by atoms with van der Waals surface area (Å²) in [5.74, 6) is -0.194. The fourth-order valence-corrected chi connectivity index (χ4v) is 3.68. The van der Waals surface area contributed by atoms with E-state index in [1.54, 1.807) is 4.57 Å². The zero-order valence-corrected chi connectivity index (χ0v) is 13.3. The maximum atomic E-state index is 12.4. The summed E-state index contributed by atoms with van der Waals surface area (Å²) in [4.78, 5) is 12.4. The number of rotatable bonds is 4. The van der Waals surface area contributed by atoms with Crippen molar-refractivity contribution in [3.05, 3.63) is 18.0 Å². The van der Waals surface area contributed by atoms with Gasteiger partial charge in [0.2, 0.25) is 0 Å². The lowest BCUT2D eigenvalue weighted by Crippen LogP contribution is -2.37. The molecule has 0 bridgehead atoms. The van der Waals surface area contributed by atoms with E-state index in [0.29, 0.717) is 5.69 Å². The van der Waals surface area contributed by atoms with Gasteiger partial charge < -0.3 is 9.88 Å². The first-order valence-corrected chi connectivity index (χ1v) is 9.73. The van der Waals surface area contributed by atoms with E-state index in [9.17, 15) is 13.2 Å². The number of hydrogen-bond donors (Lipinski definition) is 1. The van der Waals surface area contributed by atoms with Crippen LogP contribution in [0.4, 0.5) is 0 Å². The summed E-state index contributed by atoms with van der Waals surface area (Å²) in [6, 6.07) is 1.81. The Kier molecular flexibility index (Phi) is 4.01. The average Bonchev–Trinajstić information content (AvgIpc) is 3.16. The Labute approximate surface area is 129 Å². The molecule has 1 aromatic rings. The number of hydrogen-bond acceptors (Lipinski definition) is 3. The van der Waals surface area contributed by atoms with Gasteiger partial charge in [0.15, 0.2) is 0 Å². The summed E-state index contributed by atoms with van der Waals surface area (Å²) in [6.45, 7) is 0. The fourth-order valence-electron chi connectivity index (χ4n) is 2.93. The van der Waals surface area contributed by atoms with Crippen LogP contribution >= 0.6 is 10.7 Å². The van der Waals surface area contributed by atoms with Crippen LogP contribution in [0.5, 0.6) is 0 Å². The minimum atomic E-state index is -3.81. The van der Waals surface area contributed by atoms with Gasteiger partial charge in [-0.2, -0.15) is 0 Å². The summed E-state index contributed by atoms with van der Waals surface area (Å²) in [6.07, 6.45) is 8.91. The molecular formula is C14H19ClN2O3S. The first-order chi connectivity index (χ1) is 9.95. The molecule has 0 aliphatic heterocycles. The molecule has 5 nitrogen and oxygen atoms in total. The van der Waals surface area contributed by atoms with Gasteiger partial charge in [0.25, 0.3) is 15.0 Å². The van der Waals surface area contributed by atoms with E-state index in [-0.39, 0.29) is 22.9 Å². The van der Waals surface area contributed by atoms with Gasteiger partial charge >= 0.3 is 0 Å². The molecule has 0 saturated heterocycles. The molecule has 0 spiro atoms. The Bertz CT molecular complexity index is 643. The first kappa shape index (κ1) is 14.9. The summed E-state index contributed by atoms with van der Waals surface area (Å²) >= 11 is 0. The van der Waals surface area contributed by atoms with Crippen molar-refractivity contribution in [2.75, 3.05) is 0 Å². The van der Waals surface area contributed by atoms with Crippen molar-refractivity contribution >= 4 is 25.6 Å². The highest BCUT2D eigenvalue weighted by molar-refractivity contribution is 8.13. The van der Waals surface area contributed by atoms with Crippen molar-refractivity contribution in [2.45, 2.75) is 61.9 Å². The maximum absolute atomic E-state index is 12.4. The molecule has 21 heavy (non-hydrogen) atoms. The molecule has 2 saturated carbocycles. The summed E-state index contributed by atoms with van der Waals surface area (Å²) in [5.41, 5.74) is 0.405. The van der Waals surface area contributed by atoms with Gasteiger partial charge in [-0.3, -0.25) is 4.79 Å². The lowest BCUT2D eigenvalue weighted by molar-refractivity contribution is 0.0918. The number of nitrogens with one attached hydrogen (secondary N) is 1. The Balaban J connectivity index is 1.82. The predicted molar refractivity (Wildman–Crippen MR) is 80.1 cm³/mol. The van der Waals surface area contributed by atoms with Crippen LogP contribution in [0.2, 0.25) is 0 Å². The van der Waals surface area contributed by atoms with E-state index in [4.69, 9.17) is 10.7 Å². The SMILES string of the molecule is O=C(NC1CCCCC1)c1cc(S(=O)(=O)Cl)cn1C1CC1. The molecular weight excluding hydrogens is 312 g/mol. The molecule has 0 unspecified atom stereocenters. The van der Waals surface area contributed by atoms with E-state index in [2.05, 4.69) is 5.32 Å². The third-order valence-corrected chi connectivity index (χ3v) is 5.54. The molecule has 0 aromatic carbocycles. The van der Waals surface area contributed by atoms with Gasteiger partial charge in [-0.1, -0.05) is 19.3 Å². The van der Waals surface area contributed by atoms with Crippen LogP contribution in [0, 0.1) is 0 Å². The van der Waals surface area contributed by atoms with Gasteiger partial charge in [0.05, 0.1) is 0 Å². The van der Waals surface area contributed by atoms with Crippen molar-refractivity contribution < 1.29 is 13.2 Å². The molecule has 1 N–H and O–H groups in total. The Hall–Kier alpha value is -1.01. The van der Waals surface area contributed by atoms with E-state index in [0.717, 1.165) is 38.5 Å². The Morgan fingerprint density at radius 3 is 2.43 bits per heavy atom. The molecule has 1 aromatic heterocycles. The molecule has 0 radical (unpaired) electrons. The van der Waals surface area contributed by atoms with Crippen molar-refractivity contribution in [3.63, 3.8) is 0 Å². The smallest absolute Gasteiger partial charge is 0.268 e. The Morgan fingerprint density at radius 1 is 1.19 bits per heavy atom. The molecule has 2 aliphatic carbocycles. The largest absolute Gasteiger partial charge is 0.348 e. The fraction of sp³-hybridized carbons (Fsp3) is 0.643. The zero-order valence-electron chi connectivity index (χ0n) is 11.7. The topological polar surface area (TPSA) is 68.2 Å². The summed E-state index contributed by atoms with van der Waals surface area (Å²) < 4.78 is 24.7. The van der Waals surface area contributed by atoms with Gasteiger partial charge in [0.1, 0.15) is 10.6 Å². The third kappa shape index (κ3) is 3.43. The normalized spacial score (nSPS) is 20.4.